The summed E-state index contributed by atoms with van der Waals surface area (Å²) in [5, 5.41) is 8.79. The highest BCUT2D eigenvalue weighted by Gasteiger charge is 2.22. The van der Waals surface area contributed by atoms with Crippen molar-refractivity contribution in [2.75, 3.05) is 7.11 Å². The summed E-state index contributed by atoms with van der Waals surface area (Å²) >= 11 is 0. The zero-order valence-electron chi connectivity index (χ0n) is 7.23. The van der Waals surface area contributed by atoms with Gasteiger partial charge in [-0.2, -0.15) is 0 Å². The SMILES string of the molecule is COc1cc(C(=O)O)cc2c1OPO2. The molecule has 6 heteroatoms. The molecule has 1 unspecified atom stereocenters. The average molecular weight is 214 g/mol. The molecule has 1 aromatic rings. The van der Waals surface area contributed by atoms with E-state index in [1.807, 2.05) is 0 Å². The zero-order chi connectivity index (χ0) is 10.1. The summed E-state index contributed by atoms with van der Waals surface area (Å²) in [5.74, 6) is 0.241. The molecule has 5 nitrogen and oxygen atoms in total. The Labute approximate surface area is 81.5 Å². The summed E-state index contributed by atoms with van der Waals surface area (Å²) in [5.41, 5.74) is 0.121. The minimum atomic E-state index is -1.02. The van der Waals surface area contributed by atoms with E-state index in [0.717, 1.165) is 0 Å². The number of carboxylic acids is 1. The Hall–Kier alpha value is -1.48. The van der Waals surface area contributed by atoms with Crippen LogP contribution in [0.3, 0.4) is 0 Å². The fraction of sp³-hybridized carbons (Fsp3) is 0.125. The minimum Gasteiger partial charge on any atom is -0.493 e. The number of rotatable bonds is 2. The van der Waals surface area contributed by atoms with Gasteiger partial charge in [0.25, 0.3) is 9.03 Å². The van der Waals surface area contributed by atoms with E-state index in [0.29, 0.717) is 17.2 Å². The topological polar surface area (TPSA) is 65.0 Å². The van der Waals surface area contributed by atoms with Crippen molar-refractivity contribution in [1.82, 2.24) is 0 Å². The molecular formula is C8H7O5P. The molecule has 0 fully saturated rings. The van der Waals surface area contributed by atoms with Gasteiger partial charge in [0, 0.05) is 0 Å². The molecule has 74 valence electrons. The van der Waals surface area contributed by atoms with Crippen LogP contribution in [0.4, 0.5) is 0 Å². The van der Waals surface area contributed by atoms with E-state index in [1.165, 1.54) is 19.2 Å². The molecular weight excluding hydrogens is 207 g/mol. The first-order valence-electron chi connectivity index (χ1n) is 3.76. The number of hydrogen-bond donors (Lipinski definition) is 1. The molecule has 0 saturated carbocycles. The monoisotopic (exact) mass is 214 g/mol. The van der Waals surface area contributed by atoms with E-state index in [-0.39, 0.29) is 14.6 Å². The van der Waals surface area contributed by atoms with Crippen molar-refractivity contribution in [3.63, 3.8) is 0 Å². The number of carbonyl (C=O) groups is 1. The third-order valence-corrected chi connectivity index (χ3v) is 2.37. The van der Waals surface area contributed by atoms with Crippen molar-refractivity contribution in [2.45, 2.75) is 0 Å². The smallest absolute Gasteiger partial charge is 0.335 e. The van der Waals surface area contributed by atoms with Gasteiger partial charge >= 0.3 is 5.97 Å². The van der Waals surface area contributed by atoms with Crippen molar-refractivity contribution in [3.8, 4) is 17.2 Å². The van der Waals surface area contributed by atoms with Crippen LogP contribution in [-0.4, -0.2) is 18.2 Å². The van der Waals surface area contributed by atoms with E-state index in [4.69, 9.17) is 18.9 Å². The van der Waals surface area contributed by atoms with E-state index >= 15 is 0 Å². The highest BCUT2D eigenvalue weighted by atomic mass is 31.1. The lowest BCUT2D eigenvalue weighted by Gasteiger charge is -2.04. The zero-order valence-corrected chi connectivity index (χ0v) is 8.23. The Morgan fingerprint density at radius 3 is 2.93 bits per heavy atom. The quantitative estimate of drug-likeness (QED) is 0.758. The number of hydrogen-bond acceptors (Lipinski definition) is 4. The molecule has 1 aromatic carbocycles. The van der Waals surface area contributed by atoms with Gasteiger partial charge in [0.05, 0.1) is 12.7 Å². The Morgan fingerprint density at radius 1 is 1.50 bits per heavy atom. The predicted molar refractivity (Wildman–Crippen MR) is 49.5 cm³/mol. The molecule has 0 spiro atoms. The first kappa shape index (κ1) is 9.09. The Morgan fingerprint density at radius 2 is 2.29 bits per heavy atom. The molecule has 1 aliphatic rings. The largest absolute Gasteiger partial charge is 0.493 e. The van der Waals surface area contributed by atoms with Crippen molar-refractivity contribution >= 4 is 15.0 Å². The fourth-order valence-electron chi connectivity index (χ4n) is 1.14. The Kier molecular flexibility index (Phi) is 2.17. The third-order valence-electron chi connectivity index (χ3n) is 1.78. The maximum Gasteiger partial charge on any atom is 0.335 e. The molecule has 0 saturated heterocycles. The third kappa shape index (κ3) is 1.36. The molecule has 1 N–H and O–H groups in total. The molecule has 2 rings (SSSR count). The number of ether oxygens (including phenoxy) is 1. The summed E-state index contributed by atoms with van der Waals surface area (Å²) in [6.45, 7) is 0. The van der Waals surface area contributed by atoms with E-state index < -0.39 is 5.97 Å². The number of carboxylic acid groups (broad SMARTS) is 1. The predicted octanol–water partition coefficient (Wildman–Crippen LogP) is 1.67. The van der Waals surface area contributed by atoms with Crippen LogP contribution in [-0.2, 0) is 0 Å². The summed E-state index contributed by atoms with van der Waals surface area (Å²) in [6.07, 6.45) is 0. The summed E-state index contributed by atoms with van der Waals surface area (Å²) in [7, 11) is 1.31. The molecule has 0 bridgehead atoms. The normalized spacial score (nSPS) is 14.4. The highest BCUT2D eigenvalue weighted by molar-refractivity contribution is 7.27. The highest BCUT2D eigenvalue weighted by Crippen LogP contribution is 2.48. The second-order valence-corrected chi connectivity index (χ2v) is 3.17. The maximum absolute atomic E-state index is 10.7. The Bertz CT molecular complexity index is 390. The average Bonchev–Trinajstić information content (AvgIpc) is 2.63. The van der Waals surface area contributed by atoms with Crippen molar-refractivity contribution in [3.05, 3.63) is 17.7 Å². The summed E-state index contributed by atoms with van der Waals surface area (Å²) in [4.78, 5) is 10.7. The maximum atomic E-state index is 10.7. The van der Waals surface area contributed by atoms with Crippen LogP contribution in [0.2, 0.25) is 0 Å². The second kappa shape index (κ2) is 3.35. The van der Waals surface area contributed by atoms with Gasteiger partial charge in [0.1, 0.15) is 0 Å². The number of methoxy groups -OCH3 is 1. The molecule has 0 aromatic heterocycles. The van der Waals surface area contributed by atoms with Crippen LogP contribution in [0.1, 0.15) is 10.4 Å². The van der Waals surface area contributed by atoms with Gasteiger partial charge < -0.3 is 18.9 Å². The molecule has 1 atom stereocenters. The van der Waals surface area contributed by atoms with Crippen molar-refractivity contribution in [2.24, 2.45) is 0 Å². The van der Waals surface area contributed by atoms with Crippen LogP contribution >= 0.6 is 9.03 Å². The molecule has 0 amide bonds. The van der Waals surface area contributed by atoms with Gasteiger partial charge in [-0.15, -0.1) is 0 Å². The van der Waals surface area contributed by atoms with Gasteiger partial charge in [-0.1, -0.05) is 0 Å². The van der Waals surface area contributed by atoms with Crippen molar-refractivity contribution in [1.29, 1.82) is 0 Å². The molecule has 0 aliphatic carbocycles. The lowest BCUT2D eigenvalue weighted by Crippen LogP contribution is -1.97. The van der Waals surface area contributed by atoms with Crippen LogP contribution in [0, 0.1) is 0 Å². The summed E-state index contributed by atoms with van der Waals surface area (Å²) < 4.78 is 15.2. The van der Waals surface area contributed by atoms with Gasteiger partial charge in [0.2, 0.25) is 5.75 Å². The van der Waals surface area contributed by atoms with Gasteiger partial charge in [0.15, 0.2) is 11.5 Å². The molecule has 1 aliphatic heterocycles. The van der Waals surface area contributed by atoms with Crippen molar-refractivity contribution < 1.29 is 23.7 Å². The number of aromatic carboxylic acids is 1. The summed E-state index contributed by atoms with van der Waals surface area (Å²) in [6, 6.07) is 2.82. The van der Waals surface area contributed by atoms with E-state index in [9.17, 15) is 4.79 Å². The number of fused-ring (bicyclic) bond motifs is 1. The first-order valence-corrected chi connectivity index (χ1v) is 4.58. The molecule has 1 heterocycles. The lowest BCUT2D eigenvalue weighted by molar-refractivity contribution is 0.0696. The number of benzene rings is 1. The standard InChI is InChI=1S/C8H7O5P/c1-11-5-2-4(8(9)10)3-6-7(5)13-14-12-6/h2-3,14H,1H3,(H,9,10). The van der Waals surface area contributed by atoms with Gasteiger partial charge in [-0.3, -0.25) is 0 Å². The van der Waals surface area contributed by atoms with E-state index in [2.05, 4.69) is 0 Å². The minimum absolute atomic E-state index is 0.121. The molecule has 0 radical (unpaired) electrons. The van der Waals surface area contributed by atoms with Crippen LogP contribution in [0.15, 0.2) is 12.1 Å². The van der Waals surface area contributed by atoms with Crippen LogP contribution < -0.4 is 13.8 Å². The second-order valence-electron chi connectivity index (χ2n) is 2.60. The first-order chi connectivity index (χ1) is 6.72. The van der Waals surface area contributed by atoms with Crippen LogP contribution in [0.25, 0.3) is 0 Å². The van der Waals surface area contributed by atoms with E-state index in [1.54, 1.807) is 0 Å². The Balaban J connectivity index is 2.54. The van der Waals surface area contributed by atoms with Crippen LogP contribution in [0.5, 0.6) is 17.2 Å². The lowest BCUT2D eigenvalue weighted by atomic mass is 10.2. The fourth-order valence-corrected chi connectivity index (χ4v) is 1.70. The molecule has 14 heavy (non-hydrogen) atoms. The van der Waals surface area contributed by atoms with Gasteiger partial charge in [-0.05, 0) is 12.1 Å². The van der Waals surface area contributed by atoms with Gasteiger partial charge in [-0.25, -0.2) is 4.79 Å².